The Bertz CT molecular complexity index is 508. The lowest BCUT2D eigenvalue weighted by Gasteiger charge is -2.19. The summed E-state index contributed by atoms with van der Waals surface area (Å²) < 4.78 is 42.9. The lowest BCUT2D eigenvalue weighted by molar-refractivity contribution is -0.137. The van der Waals surface area contributed by atoms with E-state index in [1.54, 1.807) is 0 Å². The molecule has 21 heavy (non-hydrogen) atoms. The summed E-state index contributed by atoms with van der Waals surface area (Å²) in [5.74, 6) is 0. The summed E-state index contributed by atoms with van der Waals surface area (Å²) in [6, 6.07) is 3.69. The number of ether oxygens (including phenoxy) is 1. The summed E-state index contributed by atoms with van der Waals surface area (Å²) in [6.45, 7) is 1.17. The van der Waals surface area contributed by atoms with Crippen molar-refractivity contribution in [2.75, 3.05) is 25.5 Å². The molecule has 2 amide bonds. The lowest BCUT2D eigenvalue weighted by Crippen LogP contribution is -2.45. The summed E-state index contributed by atoms with van der Waals surface area (Å²) in [4.78, 5) is 11.8. The summed E-state index contributed by atoms with van der Waals surface area (Å²) >= 11 is 0. The van der Waals surface area contributed by atoms with Crippen LogP contribution in [-0.4, -0.2) is 38.4 Å². The highest BCUT2D eigenvalue weighted by molar-refractivity contribution is 5.89. The molecule has 1 aromatic rings. The molecule has 116 valence electrons. The maximum absolute atomic E-state index is 12.6. The van der Waals surface area contributed by atoms with Crippen LogP contribution in [0.4, 0.5) is 23.7 Å². The van der Waals surface area contributed by atoms with E-state index in [0.29, 0.717) is 13.1 Å². The Balaban J connectivity index is 1.97. The van der Waals surface area contributed by atoms with Crippen molar-refractivity contribution in [3.05, 3.63) is 29.8 Å². The van der Waals surface area contributed by atoms with Gasteiger partial charge in [-0.05, 0) is 18.2 Å². The van der Waals surface area contributed by atoms with Crippen molar-refractivity contribution in [2.45, 2.75) is 18.3 Å². The van der Waals surface area contributed by atoms with E-state index in [-0.39, 0.29) is 17.8 Å². The van der Waals surface area contributed by atoms with Crippen LogP contribution in [0, 0.1) is 0 Å². The van der Waals surface area contributed by atoms with Gasteiger partial charge in [0.05, 0.1) is 17.7 Å². The molecule has 1 heterocycles. The number of rotatable bonds is 3. The molecule has 0 saturated carbocycles. The quantitative estimate of drug-likeness (QED) is 0.798. The first-order valence-corrected chi connectivity index (χ1v) is 6.38. The third-order valence-corrected chi connectivity index (χ3v) is 3.23. The fourth-order valence-electron chi connectivity index (χ4n) is 2.16. The Labute approximate surface area is 119 Å². The SMILES string of the molecule is CO[C@H]1CNCC1NC(=O)Nc1cccc(C(F)(F)F)c1. The van der Waals surface area contributed by atoms with E-state index in [9.17, 15) is 18.0 Å². The molecule has 1 aromatic carbocycles. The van der Waals surface area contributed by atoms with E-state index in [0.717, 1.165) is 12.1 Å². The molecule has 1 unspecified atom stereocenters. The molecule has 0 aliphatic carbocycles. The van der Waals surface area contributed by atoms with Gasteiger partial charge in [0, 0.05) is 25.9 Å². The van der Waals surface area contributed by atoms with Crippen molar-refractivity contribution in [1.29, 1.82) is 0 Å². The van der Waals surface area contributed by atoms with Crippen LogP contribution in [0.5, 0.6) is 0 Å². The number of halogens is 3. The molecule has 2 atom stereocenters. The van der Waals surface area contributed by atoms with Crippen LogP contribution in [-0.2, 0) is 10.9 Å². The number of methoxy groups -OCH3 is 1. The highest BCUT2D eigenvalue weighted by Gasteiger charge is 2.31. The summed E-state index contributed by atoms with van der Waals surface area (Å²) in [5.41, 5.74) is -0.722. The maximum Gasteiger partial charge on any atom is 0.416 e. The molecule has 1 aliphatic rings. The van der Waals surface area contributed by atoms with Crippen LogP contribution in [0.1, 0.15) is 5.56 Å². The van der Waals surface area contributed by atoms with Crippen molar-refractivity contribution in [3.8, 4) is 0 Å². The van der Waals surface area contributed by atoms with Crippen LogP contribution in [0.3, 0.4) is 0 Å². The van der Waals surface area contributed by atoms with Crippen molar-refractivity contribution < 1.29 is 22.7 Å². The average Bonchev–Trinajstić information content (AvgIpc) is 2.85. The molecule has 3 N–H and O–H groups in total. The summed E-state index contributed by atoms with van der Waals surface area (Å²) in [7, 11) is 1.54. The number of hydrogen-bond donors (Lipinski definition) is 3. The van der Waals surface area contributed by atoms with Crippen LogP contribution < -0.4 is 16.0 Å². The average molecular weight is 303 g/mol. The Kier molecular flexibility index (Phi) is 4.69. The second kappa shape index (κ2) is 6.31. The minimum absolute atomic E-state index is 0.0854. The molecule has 8 heteroatoms. The highest BCUT2D eigenvalue weighted by atomic mass is 19.4. The number of carbonyl (C=O) groups excluding carboxylic acids is 1. The summed E-state index contributed by atoms with van der Waals surface area (Å²) in [6.07, 6.45) is -4.60. The van der Waals surface area contributed by atoms with Gasteiger partial charge in [0.1, 0.15) is 0 Å². The Morgan fingerprint density at radius 3 is 2.81 bits per heavy atom. The summed E-state index contributed by atoms with van der Waals surface area (Å²) in [5, 5.41) is 8.12. The molecule has 0 bridgehead atoms. The van der Waals surface area contributed by atoms with Gasteiger partial charge in [-0.25, -0.2) is 4.79 Å². The third-order valence-electron chi connectivity index (χ3n) is 3.23. The van der Waals surface area contributed by atoms with Crippen molar-refractivity contribution >= 4 is 11.7 Å². The molecule has 1 aliphatic heterocycles. The molecule has 0 radical (unpaired) electrons. The zero-order chi connectivity index (χ0) is 15.5. The largest absolute Gasteiger partial charge is 0.416 e. The van der Waals surface area contributed by atoms with Gasteiger partial charge in [-0.3, -0.25) is 0 Å². The van der Waals surface area contributed by atoms with Gasteiger partial charge in [0.25, 0.3) is 0 Å². The fraction of sp³-hybridized carbons (Fsp3) is 0.462. The van der Waals surface area contributed by atoms with Crippen molar-refractivity contribution in [2.24, 2.45) is 0 Å². The number of nitrogens with one attached hydrogen (secondary N) is 3. The fourth-order valence-corrected chi connectivity index (χ4v) is 2.16. The lowest BCUT2D eigenvalue weighted by atomic mass is 10.2. The molecule has 5 nitrogen and oxygen atoms in total. The molecule has 2 rings (SSSR count). The van der Waals surface area contributed by atoms with Crippen molar-refractivity contribution in [1.82, 2.24) is 10.6 Å². The minimum atomic E-state index is -4.44. The predicted octanol–water partition coefficient (Wildman–Crippen LogP) is 1.81. The van der Waals surface area contributed by atoms with E-state index in [1.807, 2.05) is 0 Å². The molecule has 0 aromatic heterocycles. The Morgan fingerprint density at radius 1 is 1.38 bits per heavy atom. The molecule has 0 spiro atoms. The standard InChI is InChI=1S/C13H16F3N3O2/c1-21-11-7-17-6-10(11)19-12(20)18-9-4-2-3-8(5-9)13(14,15)16/h2-5,10-11,17H,6-7H2,1H3,(H2,18,19,20)/t10?,11-/m0/s1. The van der Waals surface area contributed by atoms with Crippen LogP contribution in [0.2, 0.25) is 0 Å². The number of urea groups is 1. The number of alkyl halides is 3. The second-order valence-corrected chi connectivity index (χ2v) is 4.72. The Hall–Kier alpha value is -1.80. The monoisotopic (exact) mass is 303 g/mol. The molecule has 1 saturated heterocycles. The van der Waals surface area contributed by atoms with E-state index in [2.05, 4.69) is 16.0 Å². The van der Waals surface area contributed by atoms with Gasteiger partial charge in [-0.15, -0.1) is 0 Å². The number of amides is 2. The zero-order valence-electron chi connectivity index (χ0n) is 11.3. The van der Waals surface area contributed by atoms with Gasteiger partial charge in [0.2, 0.25) is 0 Å². The topological polar surface area (TPSA) is 62.4 Å². The van der Waals surface area contributed by atoms with E-state index < -0.39 is 17.8 Å². The Morgan fingerprint density at radius 2 is 2.14 bits per heavy atom. The van der Waals surface area contributed by atoms with Gasteiger partial charge < -0.3 is 20.7 Å². The normalized spacial score (nSPS) is 22.1. The molecule has 1 fully saturated rings. The molecular weight excluding hydrogens is 287 g/mol. The van der Waals surface area contributed by atoms with Gasteiger partial charge in [0.15, 0.2) is 0 Å². The van der Waals surface area contributed by atoms with E-state index >= 15 is 0 Å². The van der Waals surface area contributed by atoms with Gasteiger partial charge in [-0.2, -0.15) is 13.2 Å². The number of carbonyl (C=O) groups is 1. The first-order valence-electron chi connectivity index (χ1n) is 6.38. The zero-order valence-corrected chi connectivity index (χ0v) is 11.3. The van der Waals surface area contributed by atoms with Crippen molar-refractivity contribution in [3.63, 3.8) is 0 Å². The van der Waals surface area contributed by atoms with Crippen LogP contribution in [0.15, 0.2) is 24.3 Å². The number of anilines is 1. The highest BCUT2D eigenvalue weighted by Crippen LogP contribution is 2.30. The first kappa shape index (κ1) is 15.6. The predicted molar refractivity (Wildman–Crippen MR) is 71.1 cm³/mol. The van der Waals surface area contributed by atoms with Gasteiger partial charge in [-0.1, -0.05) is 6.07 Å². The van der Waals surface area contributed by atoms with Crippen LogP contribution >= 0.6 is 0 Å². The van der Waals surface area contributed by atoms with E-state index in [1.165, 1.54) is 19.2 Å². The minimum Gasteiger partial charge on any atom is -0.378 e. The second-order valence-electron chi connectivity index (χ2n) is 4.72. The first-order chi connectivity index (χ1) is 9.90. The van der Waals surface area contributed by atoms with Crippen LogP contribution in [0.25, 0.3) is 0 Å². The maximum atomic E-state index is 12.6. The molecular formula is C13H16F3N3O2. The van der Waals surface area contributed by atoms with E-state index in [4.69, 9.17) is 4.74 Å². The number of hydrogen-bond acceptors (Lipinski definition) is 3. The third kappa shape index (κ3) is 4.08. The smallest absolute Gasteiger partial charge is 0.378 e. The number of benzene rings is 1. The van der Waals surface area contributed by atoms with Gasteiger partial charge >= 0.3 is 12.2 Å².